The van der Waals surface area contributed by atoms with Crippen LogP contribution in [0.25, 0.3) is 0 Å². The van der Waals surface area contributed by atoms with Crippen LogP contribution >= 0.6 is 15.9 Å². The molecule has 4 rings (SSSR count). The van der Waals surface area contributed by atoms with Gasteiger partial charge in [-0.2, -0.15) is 0 Å². The van der Waals surface area contributed by atoms with Crippen molar-refractivity contribution in [2.45, 2.75) is 37.7 Å². The summed E-state index contributed by atoms with van der Waals surface area (Å²) in [6, 6.07) is 9.12. The molecule has 1 aromatic carbocycles. The number of nitrogens with zero attached hydrogens (tertiary/aromatic N) is 3. The van der Waals surface area contributed by atoms with Gasteiger partial charge in [-0.15, -0.1) is 0 Å². The maximum Gasteiger partial charge on any atom is 0.199 e. The highest BCUT2D eigenvalue weighted by molar-refractivity contribution is 9.10. The molecule has 5 atom stereocenters. The van der Waals surface area contributed by atoms with Crippen LogP contribution in [0.4, 0.5) is 10.2 Å². The largest absolute Gasteiger partial charge is 0.390 e. The molecule has 2 heterocycles. The van der Waals surface area contributed by atoms with Gasteiger partial charge >= 0.3 is 0 Å². The summed E-state index contributed by atoms with van der Waals surface area (Å²) in [5, 5.41) is 12.8. The number of ketones is 1. The molecule has 1 fully saturated rings. The molecule has 1 aliphatic carbocycles. The van der Waals surface area contributed by atoms with E-state index in [0.29, 0.717) is 12.0 Å². The molecule has 8 heteroatoms. The first kappa shape index (κ1) is 21.6. The van der Waals surface area contributed by atoms with E-state index >= 15 is 0 Å². The third kappa shape index (κ3) is 4.41. The number of carbonyl (C=O) groups is 1. The van der Waals surface area contributed by atoms with Gasteiger partial charge in [0.05, 0.1) is 23.8 Å². The summed E-state index contributed by atoms with van der Waals surface area (Å²) in [6.07, 6.45) is 4.11. The van der Waals surface area contributed by atoms with E-state index in [1.54, 1.807) is 12.3 Å². The Morgan fingerprint density at radius 1 is 1.42 bits per heavy atom. The highest BCUT2D eigenvalue weighted by atomic mass is 79.9. The Morgan fingerprint density at radius 2 is 2.23 bits per heavy atom. The van der Waals surface area contributed by atoms with Crippen LogP contribution in [0.2, 0.25) is 0 Å². The molecule has 0 spiro atoms. The van der Waals surface area contributed by atoms with Gasteiger partial charge < -0.3 is 15.0 Å². The lowest BCUT2D eigenvalue weighted by Crippen LogP contribution is -2.32. The lowest BCUT2D eigenvalue weighted by molar-refractivity contribution is 0.0793. The SMILES string of the molecule is [CH2][C@@H]1C[C@@H](Nc2ncncc2C(=O)c2ccn([C@@H](C)c3cccc(Br)c3)c2)[C@@H](F)[C@@H]1O. The van der Waals surface area contributed by atoms with Crippen LogP contribution in [0, 0.1) is 12.8 Å². The molecule has 2 aromatic heterocycles. The van der Waals surface area contributed by atoms with Crippen LogP contribution in [-0.4, -0.2) is 43.7 Å². The number of alkyl halides is 1. The quantitative estimate of drug-likeness (QED) is 0.511. The van der Waals surface area contributed by atoms with Gasteiger partial charge in [-0.05, 0) is 49.9 Å². The van der Waals surface area contributed by atoms with Crippen LogP contribution in [-0.2, 0) is 0 Å². The van der Waals surface area contributed by atoms with Gasteiger partial charge in [0.1, 0.15) is 18.3 Å². The fraction of sp³-hybridized carbons (Fsp3) is 0.304. The first-order chi connectivity index (χ1) is 14.8. The van der Waals surface area contributed by atoms with Crippen molar-refractivity contribution < 1.29 is 14.3 Å². The number of benzene rings is 1. The zero-order valence-electron chi connectivity index (χ0n) is 17.0. The summed E-state index contributed by atoms with van der Waals surface area (Å²) in [4.78, 5) is 21.3. The first-order valence-electron chi connectivity index (χ1n) is 10.0. The zero-order chi connectivity index (χ0) is 22.1. The number of halogens is 2. The van der Waals surface area contributed by atoms with Gasteiger partial charge in [0.25, 0.3) is 0 Å². The maximum atomic E-state index is 14.4. The van der Waals surface area contributed by atoms with E-state index in [9.17, 15) is 14.3 Å². The fourth-order valence-corrected chi connectivity index (χ4v) is 4.32. The Morgan fingerprint density at radius 3 is 2.94 bits per heavy atom. The number of nitrogens with one attached hydrogen (secondary N) is 1. The van der Waals surface area contributed by atoms with Crippen molar-refractivity contribution in [2.75, 3.05) is 5.32 Å². The standard InChI is InChI=1S/C23H23BrFN4O2/c1-13-8-19(20(25)21(13)30)28-23-18(10-26-12-27-23)22(31)16-6-7-29(11-16)14(2)15-4-3-5-17(24)9-15/h3-7,9-14,19-21,30H,1,8H2,2H3,(H,26,27,28)/t13-,14+,19-,20-,21-/m1/s1. The highest BCUT2D eigenvalue weighted by Gasteiger charge is 2.41. The predicted molar refractivity (Wildman–Crippen MR) is 120 cm³/mol. The van der Waals surface area contributed by atoms with Crippen LogP contribution in [0.5, 0.6) is 0 Å². The molecule has 0 unspecified atom stereocenters. The Balaban J connectivity index is 1.56. The van der Waals surface area contributed by atoms with E-state index in [-0.39, 0.29) is 23.2 Å². The number of hydrogen-bond acceptors (Lipinski definition) is 5. The van der Waals surface area contributed by atoms with Gasteiger partial charge in [-0.3, -0.25) is 4.79 Å². The smallest absolute Gasteiger partial charge is 0.199 e. The average molecular weight is 486 g/mol. The highest BCUT2D eigenvalue weighted by Crippen LogP contribution is 2.31. The molecule has 161 valence electrons. The molecular formula is C23H23BrFN4O2. The Bertz CT molecular complexity index is 1090. The molecule has 0 amide bonds. The molecule has 0 aliphatic heterocycles. The molecule has 0 bridgehead atoms. The number of carbonyl (C=O) groups excluding carboxylic acids is 1. The molecule has 1 radical (unpaired) electrons. The summed E-state index contributed by atoms with van der Waals surface area (Å²) < 4.78 is 17.3. The number of anilines is 1. The van der Waals surface area contributed by atoms with Crippen molar-refractivity contribution in [1.29, 1.82) is 0 Å². The van der Waals surface area contributed by atoms with Crippen molar-refractivity contribution >= 4 is 27.5 Å². The van der Waals surface area contributed by atoms with Crippen LogP contribution in [0.1, 0.15) is 40.9 Å². The van der Waals surface area contributed by atoms with E-state index in [1.807, 2.05) is 35.0 Å². The van der Waals surface area contributed by atoms with Gasteiger partial charge in [-0.1, -0.05) is 28.1 Å². The predicted octanol–water partition coefficient (Wildman–Crippen LogP) is 4.21. The molecule has 31 heavy (non-hydrogen) atoms. The molecule has 1 saturated carbocycles. The van der Waals surface area contributed by atoms with Crippen LogP contribution < -0.4 is 5.32 Å². The van der Waals surface area contributed by atoms with Crippen LogP contribution in [0.3, 0.4) is 0 Å². The minimum Gasteiger partial charge on any atom is -0.390 e. The molecule has 3 aromatic rings. The molecule has 6 nitrogen and oxygen atoms in total. The second kappa shape index (κ2) is 8.88. The molecule has 0 saturated heterocycles. The topological polar surface area (TPSA) is 80.0 Å². The number of rotatable bonds is 6. The summed E-state index contributed by atoms with van der Waals surface area (Å²) in [6.45, 7) is 5.83. The minimum atomic E-state index is -1.48. The van der Waals surface area contributed by atoms with Crippen molar-refractivity contribution in [1.82, 2.24) is 14.5 Å². The number of aliphatic hydroxyl groups excluding tert-OH is 1. The summed E-state index contributed by atoms with van der Waals surface area (Å²) >= 11 is 3.49. The Hall–Kier alpha value is -2.58. The van der Waals surface area contributed by atoms with Crippen molar-refractivity contribution in [3.63, 3.8) is 0 Å². The minimum absolute atomic E-state index is 0.0323. The normalized spacial score (nSPS) is 24.2. The fourth-order valence-electron chi connectivity index (χ4n) is 3.90. The van der Waals surface area contributed by atoms with E-state index in [0.717, 1.165) is 10.0 Å². The number of hydrogen-bond donors (Lipinski definition) is 2. The number of aromatic nitrogens is 3. The number of aliphatic hydroxyl groups is 1. The lowest BCUT2D eigenvalue weighted by Gasteiger charge is -2.18. The molecular weight excluding hydrogens is 463 g/mol. The Kier molecular flexibility index (Phi) is 6.20. The summed E-state index contributed by atoms with van der Waals surface area (Å²) in [5.41, 5.74) is 1.84. The molecule has 2 N–H and O–H groups in total. The lowest BCUT2D eigenvalue weighted by atomic mass is 10.1. The molecule has 1 aliphatic rings. The monoisotopic (exact) mass is 485 g/mol. The zero-order valence-corrected chi connectivity index (χ0v) is 18.5. The Labute approximate surface area is 188 Å². The van der Waals surface area contributed by atoms with Crippen molar-refractivity contribution in [3.05, 3.63) is 83.3 Å². The first-order valence-corrected chi connectivity index (χ1v) is 10.8. The van der Waals surface area contributed by atoms with E-state index in [1.165, 1.54) is 12.5 Å². The third-order valence-corrected chi connectivity index (χ3v) is 6.28. The van der Waals surface area contributed by atoms with E-state index in [4.69, 9.17) is 0 Å². The third-order valence-electron chi connectivity index (χ3n) is 5.78. The van der Waals surface area contributed by atoms with Crippen molar-refractivity contribution in [3.8, 4) is 0 Å². The van der Waals surface area contributed by atoms with Gasteiger partial charge in [0, 0.05) is 28.6 Å². The maximum absolute atomic E-state index is 14.4. The summed E-state index contributed by atoms with van der Waals surface area (Å²) in [7, 11) is 0. The van der Waals surface area contributed by atoms with E-state index < -0.39 is 24.2 Å². The summed E-state index contributed by atoms with van der Waals surface area (Å²) in [5.74, 6) is -0.424. The van der Waals surface area contributed by atoms with Crippen molar-refractivity contribution in [2.24, 2.45) is 5.92 Å². The van der Waals surface area contributed by atoms with Gasteiger partial charge in [-0.25, -0.2) is 14.4 Å². The second-order valence-electron chi connectivity index (χ2n) is 7.87. The average Bonchev–Trinajstić information content (AvgIpc) is 3.35. The van der Waals surface area contributed by atoms with Crippen LogP contribution in [0.15, 0.2) is 59.7 Å². The van der Waals surface area contributed by atoms with E-state index in [2.05, 4.69) is 45.1 Å². The second-order valence-corrected chi connectivity index (χ2v) is 8.79. The van der Waals surface area contributed by atoms with Gasteiger partial charge in [0.15, 0.2) is 5.78 Å². The van der Waals surface area contributed by atoms with Gasteiger partial charge in [0.2, 0.25) is 0 Å².